The molecule has 0 radical (unpaired) electrons. The van der Waals surface area contributed by atoms with E-state index in [1.165, 1.54) is 27.0 Å². The van der Waals surface area contributed by atoms with Crippen LogP contribution < -0.4 is 0 Å². The molecule has 1 amide bonds. The number of likely N-dealkylation sites (N-methyl/N-ethyl adjacent to an activating group) is 1. The number of hydrogen-bond donors (Lipinski definition) is 1. The molecule has 0 aliphatic heterocycles. The highest BCUT2D eigenvalue weighted by molar-refractivity contribution is 6.07. The zero-order chi connectivity index (χ0) is 13.9. The fraction of sp³-hybridized carbons (Fsp3) is 0.308. The van der Waals surface area contributed by atoms with E-state index < -0.39 is 17.9 Å². The van der Waals surface area contributed by atoms with Crippen LogP contribution in [-0.4, -0.2) is 40.8 Å². The van der Waals surface area contributed by atoms with Gasteiger partial charge >= 0.3 is 5.97 Å². The lowest BCUT2D eigenvalue weighted by Crippen LogP contribution is -2.40. The number of carboxylic acids is 1. The largest absolute Gasteiger partial charge is 0.480 e. The minimum Gasteiger partial charge on any atom is -0.480 e. The second-order valence-corrected chi connectivity index (χ2v) is 4.03. The average molecular weight is 249 g/mol. The van der Waals surface area contributed by atoms with Crippen molar-refractivity contribution in [3.05, 3.63) is 35.4 Å². The number of amides is 1. The fourth-order valence-electron chi connectivity index (χ4n) is 1.51. The third kappa shape index (κ3) is 2.74. The van der Waals surface area contributed by atoms with E-state index in [1.807, 2.05) is 0 Å². The van der Waals surface area contributed by atoms with Gasteiger partial charge in [0.15, 0.2) is 5.78 Å². The number of carbonyl (C=O) groups excluding carboxylic acids is 2. The highest BCUT2D eigenvalue weighted by Gasteiger charge is 2.24. The Hall–Kier alpha value is -2.17. The quantitative estimate of drug-likeness (QED) is 0.819. The van der Waals surface area contributed by atoms with Crippen LogP contribution in [0.15, 0.2) is 24.3 Å². The number of nitrogens with zero attached hydrogens (tertiary/aromatic N) is 1. The summed E-state index contributed by atoms with van der Waals surface area (Å²) in [5.41, 5.74) is 0.521. The lowest BCUT2D eigenvalue weighted by Gasteiger charge is -2.22. The number of carbonyl (C=O) groups is 3. The molecule has 1 aromatic carbocycles. The molecule has 0 aliphatic carbocycles. The number of aliphatic carboxylic acids is 1. The molecule has 0 fully saturated rings. The normalized spacial score (nSPS) is 11.7. The van der Waals surface area contributed by atoms with Crippen LogP contribution in [0.3, 0.4) is 0 Å². The zero-order valence-electron chi connectivity index (χ0n) is 10.5. The molecular weight excluding hydrogens is 234 g/mol. The van der Waals surface area contributed by atoms with Crippen molar-refractivity contribution >= 4 is 17.7 Å². The SMILES string of the molecule is CC(=O)c1ccccc1C(=O)N(C)C(C)C(=O)O. The van der Waals surface area contributed by atoms with Crippen LogP contribution >= 0.6 is 0 Å². The molecule has 5 nitrogen and oxygen atoms in total. The average Bonchev–Trinajstić information content (AvgIpc) is 2.35. The molecule has 1 N–H and O–H groups in total. The predicted molar refractivity (Wildman–Crippen MR) is 65.6 cm³/mol. The van der Waals surface area contributed by atoms with Crippen LogP contribution in [0.4, 0.5) is 0 Å². The molecule has 0 saturated heterocycles. The first-order valence-electron chi connectivity index (χ1n) is 5.46. The Balaban J connectivity index is 3.11. The summed E-state index contributed by atoms with van der Waals surface area (Å²) in [5.74, 6) is -1.79. The van der Waals surface area contributed by atoms with E-state index in [-0.39, 0.29) is 11.3 Å². The summed E-state index contributed by atoms with van der Waals surface area (Å²) in [6.07, 6.45) is 0. The Kier molecular flexibility index (Phi) is 4.20. The van der Waals surface area contributed by atoms with E-state index in [0.29, 0.717) is 5.56 Å². The van der Waals surface area contributed by atoms with Gasteiger partial charge in [0.05, 0.1) is 5.56 Å². The monoisotopic (exact) mass is 249 g/mol. The molecule has 0 spiro atoms. The Morgan fingerprint density at radius 1 is 1.17 bits per heavy atom. The molecule has 96 valence electrons. The van der Waals surface area contributed by atoms with Crippen molar-refractivity contribution < 1.29 is 19.5 Å². The summed E-state index contributed by atoms with van der Waals surface area (Å²) in [6, 6.07) is 5.42. The fourth-order valence-corrected chi connectivity index (χ4v) is 1.51. The van der Waals surface area contributed by atoms with E-state index in [1.54, 1.807) is 18.2 Å². The van der Waals surface area contributed by atoms with Crippen LogP contribution in [0.5, 0.6) is 0 Å². The minimum absolute atomic E-state index is 0.223. The molecule has 1 aromatic rings. The van der Waals surface area contributed by atoms with Crippen molar-refractivity contribution in [3.8, 4) is 0 Å². The van der Waals surface area contributed by atoms with Crippen LogP contribution in [0.1, 0.15) is 34.6 Å². The maximum atomic E-state index is 12.1. The first kappa shape index (κ1) is 13.9. The third-order valence-electron chi connectivity index (χ3n) is 2.80. The molecule has 0 bridgehead atoms. The van der Waals surface area contributed by atoms with Crippen LogP contribution in [0.25, 0.3) is 0 Å². The van der Waals surface area contributed by atoms with Gasteiger partial charge < -0.3 is 10.0 Å². The predicted octanol–water partition coefficient (Wildman–Crippen LogP) is 1.43. The van der Waals surface area contributed by atoms with Gasteiger partial charge in [-0.1, -0.05) is 18.2 Å². The molecule has 0 aromatic heterocycles. The first-order valence-corrected chi connectivity index (χ1v) is 5.46. The molecule has 5 heteroatoms. The van der Waals surface area contributed by atoms with Gasteiger partial charge in [-0.15, -0.1) is 0 Å². The summed E-state index contributed by atoms with van der Waals surface area (Å²) in [5, 5.41) is 8.87. The van der Waals surface area contributed by atoms with Crippen LogP contribution in [0.2, 0.25) is 0 Å². The van der Waals surface area contributed by atoms with Gasteiger partial charge in [-0.25, -0.2) is 4.79 Å². The standard InChI is InChI=1S/C13H15NO4/c1-8(13(17)18)14(3)12(16)11-7-5-4-6-10(11)9(2)15/h4-8H,1-3H3,(H,17,18). The summed E-state index contributed by atoms with van der Waals surface area (Å²) in [6.45, 7) is 2.78. The molecule has 1 unspecified atom stereocenters. The first-order chi connectivity index (χ1) is 8.36. The number of benzene rings is 1. The van der Waals surface area contributed by atoms with Crippen molar-refractivity contribution in [1.29, 1.82) is 0 Å². The van der Waals surface area contributed by atoms with Gasteiger partial charge in [-0.2, -0.15) is 0 Å². The molecule has 18 heavy (non-hydrogen) atoms. The summed E-state index contributed by atoms with van der Waals surface area (Å²) >= 11 is 0. The molecule has 0 aliphatic rings. The Morgan fingerprint density at radius 2 is 1.67 bits per heavy atom. The Labute approximate surface area is 105 Å². The van der Waals surface area contributed by atoms with Crippen LogP contribution in [0, 0.1) is 0 Å². The number of hydrogen-bond acceptors (Lipinski definition) is 3. The van der Waals surface area contributed by atoms with Crippen molar-refractivity contribution in [2.45, 2.75) is 19.9 Å². The maximum Gasteiger partial charge on any atom is 0.326 e. The van der Waals surface area contributed by atoms with Crippen molar-refractivity contribution in [3.63, 3.8) is 0 Å². The minimum atomic E-state index is -1.09. The zero-order valence-corrected chi connectivity index (χ0v) is 10.5. The van der Waals surface area contributed by atoms with Gasteiger partial charge in [0.25, 0.3) is 5.91 Å². The van der Waals surface area contributed by atoms with Crippen LogP contribution in [-0.2, 0) is 4.79 Å². The van der Waals surface area contributed by atoms with Gasteiger partial charge in [-0.3, -0.25) is 9.59 Å². The van der Waals surface area contributed by atoms with E-state index >= 15 is 0 Å². The maximum absolute atomic E-state index is 12.1. The van der Waals surface area contributed by atoms with Gasteiger partial charge in [0.2, 0.25) is 0 Å². The molecular formula is C13H15NO4. The molecule has 0 heterocycles. The molecule has 0 saturated carbocycles. The van der Waals surface area contributed by atoms with Crippen molar-refractivity contribution in [2.24, 2.45) is 0 Å². The van der Waals surface area contributed by atoms with E-state index in [9.17, 15) is 14.4 Å². The van der Waals surface area contributed by atoms with Gasteiger partial charge in [-0.05, 0) is 19.9 Å². The lowest BCUT2D eigenvalue weighted by molar-refractivity contribution is -0.141. The van der Waals surface area contributed by atoms with Gasteiger partial charge in [0.1, 0.15) is 6.04 Å². The second kappa shape index (κ2) is 5.44. The summed E-state index contributed by atoms with van der Waals surface area (Å²) in [4.78, 5) is 35.5. The summed E-state index contributed by atoms with van der Waals surface area (Å²) < 4.78 is 0. The van der Waals surface area contributed by atoms with E-state index in [4.69, 9.17) is 5.11 Å². The summed E-state index contributed by atoms with van der Waals surface area (Å²) in [7, 11) is 1.40. The third-order valence-corrected chi connectivity index (χ3v) is 2.80. The van der Waals surface area contributed by atoms with Crippen molar-refractivity contribution in [1.82, 2.24) is 4.90 Å². The number of ketones is 1. The number of Topliss-reactive ketones (excluding diaryl/α,β-unsaturated/α-hetero) is 1. The Morgan fingerprint density at radius 3 is 2.11 bits per heavy atom. The smallest absolute Gasteiger partial charge is 0.326 e. The van der Waals surface area contributed by atoms with Gasteiger partial charge in [0, 0.05) is 12.6 Å². The molecule has 1 rings (SSSR count). The van der Waals surface area contributed by atoms with E-state index in [0.717, 1.165) is 4.90 Å². The second-order valence-electron chi connectivity index (χ2n) is 4.03. The van der Waals surface area contributed by atoms with E-state index in [2.05, 4.69) is 0 Å². The van der Waals surface area contributed by atoms with Crippen molar-refractivity contribution in [2.75, 3.05) is 7.05 Å². The molecule has 1 atom stereocenters. The number of carboxylic acid groups (broad SMARTS) is 1. The number of rotatable bonds is 4. The highest BCUT2D eigenvalue weighted by atomic mass is 16.4. The topological polar surface area (TPSA) is 74.7 Å². The lowest BCUT2D eigenvalue weighted by atomic mass is 10.0. The highest BCUT2D eigenvalue weighted by Crippen LogP contribution is 2.13. The Bertz CT molecular complexity index is 496.